The zero-order valence-corrected chi connectivity index (χ0v) is 13.1. The van der Waals surface area contributed by atoms with Crippen LogP contribution < -0.4 is 11.1 Å². The molecule has 0 radical (unpaired) electrons. The lowest BCUT2D eigenvalue weighted by molar-refractivity contribution is -0.121. The number of aryl methyl sites for hydroxylation is 1. The van der Waals surface area contributed by atoms with Crippen molar-refractivity contribution in [3.63, 3.8) is 0 Å². The molecule has 0 bridgehead atoms. The molecule has 2 aromatic heterocycles. The van der Waals surface area contributed by atoms with E-state index < -0.39 is 0 Å². The lowest BCUT2D eigenvalue weighted by atomic mass is 10.2. The smallest absolute Gasteiger partial charge is 0.222 e. The van der Waals surface area contributed by atoms with Crippen LogP contribution in [0, 0.1) is 0 Å². The van der Waals surface area contributed by atoms with Crippen LogP contribution in [-0.2, 0) is 11.3 Å². The minimum absolute atomic E-state index is 0.0118. The van der Waals surface area contributed by atoms with Gasteiger partial charge in [0.2, 0.25) is 11.9 Å². The van der Waals surface area contributed by atoms with Gasteiger partial charge in [-0.1, -0.05) is 6.92 Å². The topological polar surface area (TPSA) is 85.8 Å². The number of rotatable bonds is 5. The van der Waals surface area contributed by atoms with E-state index in [9.17, 15) is 4.79 Å². The van der Waals surface area contributed by atoms with Gasteiger partial charge in [-0.3, -0.25) is 9.36 Å². The second kappa shape index (κ2) is 6.21. The molecule has 1 unspecified atom stereocenters. The molecule has 0 saturated carbocycles. The van der Waals surface area contributed by atoms with E-state index in [1.165, 1.54) is 0 Å². The Labute approximate surface area is 125 Å². The lowest BCUT2D eigenvalue weighted by Gasteiger charge is -2.11. The highest BCUT2D eigenvalue weighted by Crippen LogP contribution is 2.19. The van der Waals surface area contributed by atoms with Crippen molar-refractivity contribution in [2.24, 2.45) is 0 Å². The molecular formula is C13H18BrN5O. The van der Waals surface area contributed by atoms with Crippen molar-refractivity contribution in [2.45, 2.75) is 39.3 Å². The number of pyridine rings is 1. The number of imidazole rings is 1. The number of hydrogen-bond donors (Lipinski definition) is 2. The number of anilines is 1. The number of nitrogen functional groups attached to an aromatic ring is 1. The quantitative estimate of drug-likeness (QED) is 0.873. The van der Waals surface area contributed by atoms with Gasteiger partial charge in [0.05, 0.1) is 0 Å². The van der Waals surface area contributed by atoms with Crippen molar-refractivity contribution < 1.29 is 4.79 Å². The number of halogens is 1. The van der Waals surface area contributed by atoms with Gasteiger partial charge in [-0.2, -0.15) is 0 Å². The van der Waals surface area contributed by atoms with Crippen molar-refractivity contribution >= 4 is 38.9 Å². The summed E-state index contributed by atoms with van der Waals surface area (Å²) in [5.41, 5.74) is 7.30. The van der Waals surface area contributed by atoms with Crippen LogP contribution in [0.1, 0.15) is 26.7 Å². The second-order valence-corrected chi connectivity index (χ2v) is 5.66. The molecule has 0 aromatic carbocycles. The molecule has 0 aliphatic heterocycles. The Balaban J connectivity index is 2.10. The third-order valence-corrected chi connectivity index (χ3v) is 3.60. The highest BCUT2D eigenvalue weighted by atomic mass is 79.9. The summed E-state index contributed by atoms with van der Waals surface area (Å²) >= 11 is 3.35. The fourth-order valence-electron chi connectivity index (χ4n) is 1.89. The van der Waals surface area contributed by atoms with Gasteiger partial charge >= 0.3 is 0 Å². The molecule has 2 heterocycles. The largest absolute Gasteiger partial charge is 0.369 e. The molecule has 2 rings (SSSR count). The fraction of sp³-hybridized carbons (Fsp3) is 0.462. The van der Waals surface area contributed by atoms with Crippen molar-refractivity contribution in [1.29, 1.82) is 0 Å². The summed E-state index contributed by atoms with van der Waals surface area (Å²) in [6, 6.07) is 2.04. The minimum atomic E-state index is 0.0118. The van der Waals surface area contributed by atoms with E-state index in [0.717, 1.165) is 16.4 Å². The molecule has 0 aliphatic rings. The molecule has 7 heteroatoms. The highest BCUT2D eigenvalue weighted by molar-refractivity contribution is 9.10. The number of aromatic nitrogens is 3. The van der Waals surface area contributed by atoms with Crippen LogP contribution in [0.5, 0.6) is 0 Å². The van der Waals surface area contributed by atoms with Gasteiger partial charge in [0.25, 0.3) is 0 Å². The summed E-state index contributed by atoms with van der Waals surface area (Å²) in [7, 11) is 0. The number of nitrogens with one attached hydrogen (secondary N) is 1. The molecule has 0 aliphatic carbocycles. The molecule has 108 valence electrons. The minimum Gasteiger partial charge on any atom is -0.369 e. The highest BCUT2D eigenvalue weighted by Gasteiger charge is 2.12. The molecule has 3 N–H and O–H groups in total. The summed E-state index contributed by atoms with van der Waals surface area (Å²) in [5.74, 6) is 0.389. The molecule has 1 atom stereocenters. The molecule has 0 saturated heterocycles. The Morgan fingerprint density at radius 1 is 1.60 bits per heavy atom. The first-order valence-corrected chi connectivity index (χ1v) is 7.37. The predicted molar refractivity (Wildman–Crippen MR) is 82.2 cm³/mol. The number of amides is 1. The van der Waals surface area contributed by atoms with E-state index in [1.54, 1.807) is 10.8 Å². The fourth-order valence-corrected chi connectivity index (χ4v) is 2.21. The number of nitrogens with two attached hydrogens (primary N) is 1. The van der Waals surface area contributed by atoms with Crippen molar-refractivity contribution in [2.75, 3.05) is 5.73 Å². The van der Waals surface area contributed by atoms with Crippen molar-refractivity contribution in [3.05, 3.63) is 16.7 Å². The van der Waals surface area contributed by atoms with E-state index >= 15 is 0 Å². The monoisotopic (exact) mass is 339 g/mol. The molecular weight excluding hydrogens is 322 g/mol. The first-order valence-electron chi connectivity index (χ1n) is 6.58. The van der Waals surface area contributed by atoms with Gasteiger partial charge in [-0.25, -0.2) is 9.97 Å². The molecule has 1 amide bonds. The number of nitrogens with zero attached hydrogens (tertiary/aromatic N) is 3. The summed E-state index contributed by atoms with van der Waals surface area (Å²) in [5, 5.41) is 2.93. The third-order valence-electron chi connectivity index (χ3n) is 3.16. The van der Waals surface area contributed by atoms with Crippen LogP contribution in [0.25, 0.3) is 11.2 Å². The lowest BCUT2D eigenvalue weighted by Crippen LogP contribution is -2.32. The van der Waals surface area contributed by atoms with Gasteiger partial charge < -0.3 is 11.1 Å². The average molecular weight is 340 g/mol. The summed E-state index contributed by atoms with van der Waals surface area (Å²) in [4.78, 5) is 20.3. The zero-order chi connectivity index (χ0) is 14.7. The van der Waals surface area contributed by atoms with Crippen LogP contribution in [0.2, 0.25) is 0 Å². The third kappa shape index (κ3) is 3.27. The zero-order valence-electron chi connectivity index (χ0n) is 11.6. The van der Waals surface area contributed by atoms with Gasteiger partial charge in [0.1, 0.15) is 5.52 Å². The predicted octanol–water partition coefficient (Wildman–Crippen LogP) is 2.08. The van der Waals surface area contributed by atoms with Crippen LogP contribution >= 0.6 is 15.9 Å². The van der Waals surface area contributed by atoms with E-state index in [4.69, 9.17) is 5.73 Å². The maximum atomic E-state index is 11.8. The standard InChI is InChI=1S/C13H18BrN5O/c1-3-8(2)17-11(20)4-5-19-12-10(18-13(19)15)6-9(14)7-16-12/h6-8H,3-5H2,1-2H3,(H2,15,18)(H,17,20). The molecule has 0 fully saturated rings. The average Bonchev–Trinajstić information content (AvgIpc) is 2.70. The van der Waals surface area contributed by atoms with E-state index in [0.29, 0.717) is 24.6 Å². The van der Waals surface area contributed by atoms with Crippen LogP contribution in [0.3, 0.4) is 0 Å². The SMILES string of the molecule is CCC(C)NC(=O)CCn1c(N)nc2cc(Br)cnc21. The summed E-state index contributed by atoms with van der Waals surface area (Å²) in [6.07, 6.45) is 2.97. The Bertz CT molecular complexity index is 624. The summed E-state index contributed by atoms with van der Waals surface area (Å²) < 4.78 is 2.61. The van der Waals surface area contributed by atoms with E-state index in [-0.39, 0.29) is 11.9 Å². The Hall–Kier alpha value is -1.63. The van der Waals surface area contributed by atoms with Gasteiger partial charge in [-0.15, -0.1) is 0 Å². The van der Waals surface area contributed by atoms with Crippen molar-refractivity contribution in [1.82, 2.24) is 19.9 Å². The number of carbonyl (C=O) groups is 1. The van der Waals surface area contributed by atoms with Gasteiger partial charge in [0, 0.05) is 29.7 Å². The molecule has 20 heavy (non-hydrogen) atoms. The van der Waals surface area contributed by atoms with E-state index in [1.807, 2.05) is 19.9 Å². The Morgan fingerprint density at radius 2 is 2.35 bits per heavy atom. The number of fused-ring (bicyclic) bond motifs is 1. The van der Waals surface area contributed by atoms with Gasteiger partial charge in [0.15, 0.2) is 5.65 Å². The van der Waals surface area contributed by atoms with Crippen LogP contribution in [0.15, 0.2) is 16.7 Å². The normalized spacial score (nSPS) is 12.6. The Morgan fingerprint density at radius 3 is 3.05 bits per heavy atom. The maximum absolute atomic E-state index is 11.8. The molecule has 6 nitrogen and oxygen atoms in total. The van der Waals surface area contributed by atoms with E-state index in [2.05, 4.69) is 31.2 Å². The molecule has 2 aromatic rings. The maximum Gasteiger partial charge on any atom is 0.222 e. The first-order chi connectivity index (χ1) is 9.51. The number of carbonyl (C=O) groups excluding carboxylic acids is 1. The summed E-state index contributed by atoms with van der Waals surface area (Å²) in [6.45, 7) is 4.49. The van der Waals surface area contributed by atoms with Crippen LogP contribution in [0.4, 0.5) is 5.95 Å². The Kier molecular flexibility index (Phi) is 4.59. The first kappa shape index (κ1) is 14.8. The van der Waals surface area contributed by atoms with Gasteiger partial charge in [-0.05, 0) is 35.3 Å². The molecule has 0 spiro atoms. The number of hydrogen-bond acceptors (Lipinski definition) is 4. The second-order valence-electron chi connectivity index (χ2n) is 4.74. The van der Waals surface area contributed by atoms with Crippen molar-refractivity contribution in [3.8, 4) is 0 Å². The van der Waals surface area contributed by atoms with Crippen LogP contribution in [-0.4, -0.2) is 26.5 Å².